The van der Waals surface area contributed by atoms with Crippen molar-refractivity contribution in [2.75, 3.05) is 39.3 Å². The highest BCUT2D eigenvalue weighted by Gasteiger charge is 2.32. The van der Waals surface area contributed by atoms with Crippen LogP contribution in [0.4, 0.5) is 0 Å². The van der Waals surface area contributed by atoms with Crippen LogP contribution in [0.15, 0.2) is 10.4 Å². The zero-order chi connectivity index (χ0) is 15.6. The van der Waals surface area contributed by atoms with Crippen LogP contribution < -0.4 is 5.32 Å². The fourth-order valence-corrected chi connectivity index (χ4v) is 4.57. The number of nitrogens with one attached hydrogen (secondary N) is 1. The Kier molecular flexibility index (Phi) is 4.31. The largest absolute Gasteiger partial charge is 0.342 e. The van der Waals surface area contributed by atoms with Crippen LogP contribution in [0.5, 0.6) is 0 Å². The molecule has 0 saturated carbocycles. The quantitative estimate of drug-likeness (QED) is 0.891. The molecule has 23 heavy (non-hydrogen) atoms. The van der Waals surface area contributed by atoms with Crippen molar-refractivity contribution in [2.24, 2.45) is 4.99 Å². The summed E-state index contributed by atoms with van der Waals surface area (Å²) in [7, 11) is 0. The molecule has 1 aromatic heterocycles. The van der Waals surface area contributed by atoms with Gasteiger partial charge in [0.2, 0.25) is 5.96 Å². The second-order valence-electron chi connectivity index (χ2n) is 6.43. The summed E-state index contributed by atoms with van der Waals surface area (Å²) in [6, 6.07) is 0. The van der Waals surface area contributed by atoms with Gasteiger partial charge in [0.25, 0.3) is 5.91 Å². The maximum Gasteiger partial charge on any atom is 0.280 e. The minimum Gasteiger partial charge on any atom is -0.342 e. The minimum absolute atomic E-state index is 0.0202. The monoisotopic (exact) mass is 333 g/mol. The second kappa shape index (κ2) is 6.57. The Hall–Kier alpha value is -1.47. The normalized spacial score (nSPS) is 22.7. The number of carbonyl (C=O) groups is 1. The highest BCUT2D eigenvalue weighted by molar-refractivity contribution is 7.09. The lowest BCUT2D eigenvalue weighted by Gasteiger charge is -2.39. The number of carbonyl (C=O) groups excluding carboxylic acids is 1. The Morgan fingerprint density at radius 3 is 2.91 bits per heavy atom. The smallest absolute Gasteiger partial charge is 0.280 e. The van der Waals surface area contributed by atoms with Gasteiger partial charge in [-0.1, -0.05) is 0 Å². The summed E-state index contributed by atoms with van der Waals surface area (Å²) in [6.45, 7) is 5.71. The van der Waals surface area contributed by atoms with Crippen LogP contribution in [0, 0.1) is 0 Å². The number of guanidine groups is 1. The number of thiazole rings is 1. The van der Waals surface area contributed by atoms with E-state index in [1.54, 1.807) is 11.3 Å². The third-order valence-electron chi connectivity index (χ3n) is 4.85. The van der Waals surface area contributed by atoms with Crippen molar-refractivity contribution in [3.63, 3.8) is 0 Å². The van der Waals surface area contributed by atoms with E-state index in [2.05, 4.69) is 20.2 Å². The molecule has 3 aliphatic heterocycles. The van der Waals surface area contributed by atoms with E-state index < -0.39 is 0 Å². The molecule has 4 rings (SSSR count). The van der Waals surface area contributed by atoms with Gasteiger partial charge in [0.15, 0.2) is 0 Å². The molecule has 4 heterocycles. The van der Waals surface area contributed by atoms with Crippen LogP contribution >= 0.6 is 11.3 Å². The number of nitrogens with zero attached hydrogens (tertiary/aromatic N) is 4. The van der Waals surface area contributed by atoms with Crippen molar-refractivity contribution in [3.8, 4) is 0 Å². The fourth-order valence-electron chi connectivity index (χ4n) is 3.60. The van der Waals surface area contributed by atoms with Crippen LogP contribution in [0.3, 0.4) is 0 Å². The Morgan fingerprint density at radius 2 is 2.04 bits per heavy atom. The molecule has 3 aliphatic rings. The molecule has 0 unspecified atom stereocenters. The summed E-state index contributed by atoms with van der Waals surface area (Å²) in [6.07, 6.45) is 4.33. The average Bonchev–Trinajstić information content (AvgIpc) is 3.11. The van der Waals surface area contributed by atoms with Gasteiger partial charge < -0.3 is 10.2 Å². The number of amides is 1. The van der Waals surface area contributed by atoms with Gasteiger partial charge in [0.1, 0.15) is 5.69 Å². The SMILES string of the molecule is O=C(c1csc(C2CCNCC2)n1)N1CCCN2CCCN=C21. The number of aliphatic imine (C=N–C) groups is 1. The fraction of sp³-hybridized carbons (Fsp3) is 0.688. The van der Waals surface area contributed by atoms with Crippen molar-refractivity contribution in [2.45, 2.75) is 31.6 Å². The summed E-state index contributed by atoms with van der Waals surface area (Å²) in [5, 5.41) is 6.43. The van der Waals surface area contributed by atoms with Crippen LogP contribution in [0.2, 0.25) is 0 Å². The van der Waals surface area contributed by atoms with Crippen LogP contribution in [-0.4, -0.2) is 65.9 Å². The Bertz CT molecular complexity index is 607. The van der Waals surface area contributed by atoms with E-state index >= 15 is 0 Å². The molecule has 0 aliphatic carbocycles. The third kappa shape index (κ3) is 2.99. The zero-order valence-corrected chi connectivity index (χ0v) is 14.1. The van der Waals surface area contributed by atoms with Gasteiger partial charge in [0, 0.05) is 37.5 Å². The molecule has 2 saturated heterocycles. The van der Waals surface area contributed by atoms with E-state index in [1.165, 1.54) is 0 Å². The molecule has 0 aromatic carbocycles. The first-order chi connectivity index (χ1) is 11.3. The summed E-state index contributed by atoms with van der Waals surface area (Å²) in [5.74, 6) is 1.39. The van der Waals surface area contributed by atoms with Crippen molar-refractivity contribution in [1.29, 1.82) is 0 Å². The van der Waals surface area contributed by atoms with Crippen molar-refractivity contribution in [1.82, 2.24) is 20.1 Å². The van der Waals surface area contributed by atoms with Crippen LogP contribution in [0.1, 0.15) is 47.1 Å². The molecule has 1 amide bonds. The summed E-state index contributed by atoms with van der Waals surface area (Å²) < 4.78 is 0. The number of piperidine rings is 1. The standard InChI is InChI=1S/C16H23N5OS/c22-15(21-10-2-9-20-8-1-5-18-16(20)21)13-11-23-14(19-13)12-3-6-17-7-4-12/h11-12,17H,1-10H2. The Labute approximate surface area is 140 Å². The van der Waals surface area contributed by atoms with Gasteiger partial charge >= 0.3 is 0 Å². The number of rotatable bonds is 2. The van der Waals surface area contributed by atoms with Crippen molar-refractivity contribution >= 4 is 23.2 Å². The summed E-state index contributed by atoms with van der Waals surface area (Å²) in [4.78, 5) is 26.2. The molecule has 1 N–H and O–H groups in total. The van der Waals surface area contributed by atoms with E-state index in [-0.39, 0.29) is 5.91 Å². The molecule has 0 bridgehead atoms. The lowest BCUT2D eigenvalue weighted by atomic mass is 9.99. The lowest BCUT2D eigenvalue weighted by molar-refractivity contribution is 0.0795. The van der Waals surface area contributed by atoms with Crippen LogP contribution in [0.25, 0.3) is 0 Å². The molecule has 1 aromatic rings. The maximum absolute atomic E-state index is 12.9. The minimum atomic E-state index is 0.0202. The topological polar surface area (TPSA) is 60.8 Å². The van der Waals surface area contributed by atoms with Gasteiger partial charge in [0.05, 0.1) is 5.01 Å². The molecule has 0 atom stereocenters. The predicted octanol–water partition coefficient (Wildman–Crippen LogP) is 1.52. The lowest BCUT2D eigenvalue weighted by Crippen LogP contribution is -2.54. The third-order valence-corrected chi connectivity index (χ3v) is 5.86. The molecule has 0 radical (unpaired) electrons. The predicted molar refractivity (Wildman–Crippen MR) is 91.1 cm³/mol. The molecule has 7 heteroatoms. The summed E-state index contributed by atoms with van der Waals surface area (Å²) in [5.41, 5.74) is 0.596. The van der Waals surface area contributed by atoms with Gasteiger partial charge in [-0.3, -0.25) is 14.7 Å². The molecule has 124 valence electrons. The second-order valence-corrected chi connectivity index (χ2v) is 7.32. The number of fused-ring (bicyclic) bond motifs is 1. The van der Waals surface area contributed by atoms with Crippen molar-refractivity contribution < 1.29 is 4.79 Å². The first kappa shape index (κ1) is 15.1. The summed E-state index contributed by atoms with van der Waals surface area (Å²) >= 11 is 1.64. The maximum atomic E-state index is 12.9. The van der Waals surface area contributed by atoms with E-state index in [9.17, 15) is 4.79 Å². The highest BCUT2D eigenvalue weighted by Crippen LogP contribution is 2.28. The zero-order valence-electron chi connectivity index (χ0n) is 13.3. The molecular formula is C16H23N5OS. The molecular weight excluding hydrogens is 310 g/mol. The molecule has 0 spiro atoms. The number of aromatic nitrogens is 1. The van der Waals surface area contributed by atoms with E-state index in [1.807, 2.05) is 10.3 Å². The number of hydrogen-bond acceptors (Lipinski definition) is 6. The van der Waals surface area contributed by atoms with Gasteiger partial charge in [-0.2, -0.15) is 0 Å². The Morgan fingerprint density at radius 1 is 1.22 bits per heavy atom. The van der Waals surface area contributed by atoms with Gasteiger partial charge in [-0.25, -0.2) is 4.98 Å². The van der Waals surface area contributed by atoms with Gasteiger partial charge in [-0.15, -0.1) is 11.3 Å². The van der Waals surface area contributed by atoms with Crippen LogP contribution in [-0.2, 0) is 0 Å². The van der Waals surface area contributed by atoms with Gasteiger partial charge in [-0.05, 0) is 38.8 Å². The van der Waals surface area contributed by atoms with E-state index in [4.69, 9.17) is 0 Å². The van der Waals surface area contributed by atoms with E-state index in [0.717, 1.165) is 75.9 Å². The molecule has 6 nitrogen and oxygen atoms in total. The molecule has 2 fully saturated rings. The van der Waals surface area contributed by atoms with Crippen molar-refractivity contribution in [3.05, 3.63) is 16.1 Å². The first-order valence-electron chi connectivity index (χ1n) is 8.60. The number of hydrogen-bond donors (Lipinski definition) is 1. The Balaban J connectivity index is 1.52. The highest BCUT2D eigenvalue weighted by atomic mass is 32.1. The average molecular weight is 333 g/mol. The van der Waals surface area contributed by atoms with E-state index in [0.29, 0.717) is 11.6 Å². The first-order valence-corrected chi connectivity index (χ1v) is 9.48.